The Balaban J connectivity index is 2.01. The molecule has 22 heavy (non-hydrogen) atoms. The largest absolute Gasteiger partial charge is 0.463 e. The maximum Gasteiger partial charge on any atom is 0.269 e. The van der Waals surface area contributed by atoms with E-state index in [1.165, 1.54) is 13.2 Å². The van der Waals surface area contributed by atoms with E-state index in [1.807, 2.05) is 19.9 Å². The number of furan rings is 1. The molecule has 0 aromatic carbocycles. The van der Waals surface area contributed by atoms with Gasteiger partial charge in [0.25, 0.3) is 5.79 Å². The zero-order valence-electron chi connectivity index (χ0n) is 12.6. The molecule has 2 N–H and O–H groups in total. The third-order valence-electron chi connectivity index (χ3n) is 3.28. The van der Waals surface area contributed by atoms with Crippen molar-refractivity contribution in [2.24, 2.45) is 4.99 Å². The van der Waals surface area contributed by atoms with E-state index in [1.54, 1.807) is 29.1 Å². The van der Waals surface area contributed by atoms with E-state index in [9.17, 15) is 4.79 Å². The number of carbonyl (C=O) groups is 1. The minimum atomic E-state index is -1.17. The predicted octanol–water partition coefficient (Wildman–Crippen LogP) is 1.51. The van der Waals surface area contributed by atoms with Gasteiger partial charge in [0, 0.05) is 18.8 Å². The van der Waals surface area contributed by atoms with Crippen LogP contribution in [0, 0.1) is 13.8 Å². The maximum atomic E-state index is 11.6. The van der Waals surface area contributed by atoms with Crippen LogP contribution in [-0.2, 0) is 10.6 Å². The normalized spacial score (nSPS) is 20.4. The lowest BCUT2D eigenvalue weighted by atomic mass is 10.2. The van der Waals surface area contributed by atoms with Gasteiger partial charge in [-0.25, -0.2) is 9.67 Å². The van der Waals surface area contributed by atoms with Crippen molar-refractivity contribution in [3.63, 3.8) is 0 Å². The van der Waals surface area contributed by atoms with Crippen LogP contribution < -0.4 is 10.6 Å². The Labute approximate surface area is 127 Å². The highest BCUT2D eigenvalue weighted by Crippen LogP contribution is 2.25. The van der Waals surface area contributed by atoms with Crippen molar-refractivity contribution in [3.8, 4) is 0 Å². The topological polar surface area (TPSA) is 84.5 Å². The number of hydrogen-bond donors (Lipinski definition) is 2. The van der Waals surface area contributed by atoms with E-state index in [-0.39, 0.29) is 5.91 Å². The molecule has 0 spiro atoms. The SMILES string of the molecule is CC(=O)NC1(c2ccco2)N=CC=C(n2nc(C)cc2C)N1. The number of carbonyl (C=O) groups excluding carboxylic acids is 1. The molecule has 3 heterocycles. The second-order valence-corrected chi connectivity index (χ2v) is 5.16. The van der Waals surface area contributed by atoms with E-state index < -0.39 is 5.79 Å². The first kappa shape index (κ1) is 14.1. The average molecular weight is 299 g/mol. The smallest absolute Gasteiger partial charge is 0.269 e. The Bertz CT molecular complexity index is 757. The van der Waals surface area contributed by atoms with E-state index in [2.05, 4.69) is 20.7 Å². The van der Waals surface area contributed by atoms with Gasteiger partial charge in [0.15, 0.2) is 5.76 Å². The van der Waals surface area contributed by atoms with Gasteiger partial charge in [-0.05, 0) is 38.1 Å². The van der Waals surface area contributed by atoms with Crippen LogP contribution in [0.1, 0.15) is 24.1 Å². The summed E-state index contributed by atoms with van der Waals surface area (Å²) in [6.07, 6.45) is 4.96. The Hall–Kier alpha value is -2.83. The molecule has 3 rings (SSSR count). The third-order valence-corrected chi connectivity index (χ3v) is 3.28. The van der Waals surface area contributed by atoms with Gasteiger partial charge in [0.2, 0.25) is 5.91 Å². The van der Waals surface area contributed by atoms with Gasteiger partial charge >= 0.3 is 0 Å². The molecule has 1 aliphatic rings. The number of nitrogens with zero attached hydrogens (tertiary/aromatic N) is 3. The van der Waals surface area contributed by atoms with Crippen molar-refractivity contribution < 1.29 is 9.21 Å². The molecule has 2 aromatic rings. The van der Waals surface area contributed by atoms with Gasteiger partial charge in [-0.3, -0.25) is 4.79 Å². The zero-order chi connectivity index (χ0) is 15.7. The van der Waals surface area contributed by atoms with Crippen LogP contribution >= 0.6 is 0 Å². The lowest BCUT2D eigenvalue weighted by Gasteiger charge is -2.33. The van der Waals surface area contributed by atoms with Gasteiger partial charge in [-0.15, -0.1) is 0 Å². The van der Waals surface area contributed by atoms with Crippen LogP contribution in [0.3, 0.4) is 0 Å². The Morgan fingerprint density at radius 1 is 1.45 bits per heavy atom. The van der Waals surface area contributed by atoms with Crippen LogP contribution in [0.5, 0.6) is 0 Å². The molecule has 1 atom stereocenters. The van der Waals surface area contributed by atoms with Crippen molar-refractivity contribution in [3.05, 3.63) is 47.7 Å². The molecule has 0 fully saturated rings. The molecule has 7 nitrogen and oxygen atoms in total. The lowest BCUT2D eigenvalue weighted by Crippen LogP contribution is -2.55. The molecule has 0 saturated carbocycles. The standard InChI is InChI=1S/C15H17N5O2/c1-10-9-11(2)20(19-10)14-6-7-16-15(18-14,17-12(3)21)13-5-4-8-22-13/h4-9,18H,1-3H3,(H,17,21). The number of aliphatic imine (C=N–C) groups is 1. The van der Waals surface area contributed by atoms with E-state index in [4.69, 9.17) is 4.42 Å². The molecular weight excluding hydrogens is 282 g/mol. The van der Waals surface area contributed by atoms with Crippen LogP contribution in [0.4, 0.5) is 0 Å². The molecule has 1 aliphatic heterocycles. The summed E-state index contributed by atoms with van der Waals surface area (Å²) >= 11 is 0. The van der Waals surface area contributed by atoms with Crippen LogP contribution in [0.15, 0.2) is 39.9 Å². The number of aromatic nitrogens is 2. The van der Waals surface area contributed by atoms with Gasteiger partial charge in [-0.1, -0.05) is 0 Å². The summed E-state index contributed by atoms with van der Waals surface area (Å²) < 4.78 is 7.21. The first-order valence-electron chi connectivity index (χ1n) is 6.90. The van der Waals surface area contributed by atoms with Crippen molar-refractivity contribution >= 4 is 17.9 Å². The lowest BCUT2D eigenvalue weighted by molar-refractivity contribution is -0.121. The summed E-state index contributed by atoms with van der Waals surface area (Å²) in [6, 6.07) is 5.48. The second-order valence-electron chi connectivity index (χ2n) is 5.16. The summed E-state index contributed by atoms with van der Waals surface area (Å²) in [5.74, 6) is -0.210. The molecule has 7 heteroatoms. The van der Waals surface area contributed by atoms with Crippen molar-refractivity contribution in [2.45, 2.75) is 26.6 Å². The van der Waals surface area contributed by atoms with Gasteiger partial charge in [-0.2, -0.15) is 5.10 Å². The molecular formula is C15H17N5O2. The fourth-order valence-corrected chi connectivity index (χ4v) is 2.46. The number of allylic oxidation sites excluding steroid dienone is 1. The molecule has 0 bridgehead atoms. The second kappa shape index (κ2) is 5.18. The summed E-state index contributed by atoms with van der Waals surface area (Å²) in [5, 5.41) is 10.4. The van der Waals surface area contributed by atoms with Gasteiger partial charge in [0.05, 0.1) is 12.0 Å². The Kier molecular flexibility index (Phi) is 3.32. The minimum absolute atomic E-state index is 0.226. The third kappa shape index (κ3) is 2.41. The monoisotopic (exact) mass is 299 g/mol. The number of hydrogen-bond acceptors (Lipinski definition) is 5. The molecule has 2 aromatic heterocycles. The molecule has 1 amide bonds. The average Bonchev–Trinajstić information content (AvgIpc) is 3.08. The summed E-state index contributed by atoms with van der Waals surface area (Å²) in [7, 11) is 0. The molecule has 0 aliphatic carbocycles. The minimum Gasteiger partial charge on any atom is -0.463 e. The zero-order valence-corrected chi connectivity index (χ0v) is 12.6. The molecule has 1 unspecified atom stereocenters. The van der Waals surface area contributed by atoms with Crippen LogP contribution in [0.25, 0.3) is 5.82 Å². The maximum absolute atomic E-state index is 11.6. The summed E-state index contributed by atoms with van der Waals surface area (Å²) in [6.45, 7) is 5.32. The van der Waals surface area contributed by atoms with Gasteiger partial charge in [0.1, 0.15) is 5.82 Å². The molecule has 0 saturated heterocycles. The van der Waals surface area contributed by atoms with E-state index in [0.29, 0.717) is 11.6 Å². The van der Waals surface area contributed by atoms with Crippen LogP contribution in [-0.4, -0.2) is 21.9 Å². The number of nitrogens with one attached hydrogen (secondary N) is 2. The quantitative estimate of drug-likeness (QED) is 0.899. The summed E-state index contributed by atoms with van der Waals surface area (Å²) in [5.41, 5.74) is 1.88. The highest BCUT2D eigenvalue weighted by Gasteiger charge is 2.38. The fourth-order valence-electron chi connectivity index (χ4n) is 2.46. The van der Waals surface area contributed by atoms with Crippen molar-refractivity contribution in [1.82, 2.24) is 20.4 Å². The molecule has 114 valence electrons. The van der Waals surface area contributed by atoms with E-state index in [0.717, 1.165) is 11.4 Å². The fraction of sp³-hybridized carbons (Fsp3) is 0.267. The first-order chi connectivity index (χ1) is 10.5. The highest BCUT2D eigenvalue weighted by atomic mass is 16.3. The molecule has 0 radical (unpaired) electrons. The van der Waals surface area contributed by atoms with Crippen molar-refractivity contribution in [1.29, 1.82) is 0 Å². The first-order valence-corrected chi connectivity index (χ1v) is 6.90. The predicted molar refractivity (Wildman–Crippen MR) is 81.8 cm³/mol. The van der Waals surface area contributed by atoms with Crippen LogP contribution in [0.2, 0.25) is 0 Å². The Morgan fingerprint density at radius 3 is 2.86 bits per heavy atom. The number of aryl methyl sites for hydroxylation is 2. The van der Waals surface area contributed by atoms with E-state index >= 15 is 0 Å². The van der Waals surface area contributed by atoms with Gasteiger partial charge < -0.3 is 15.1 Å². The number of amides is 1. The number of rotatable bonds is 3. The summed E-state index contributed by atoms with van der Waals surface area (Å²) in [4.78, 5) is 16.0. The Morgan fingerprint density at radius 2 is 2.27 bits per heavy atom. The van der Waals surface area contributed by atoms with Crippen molar-refractivity contribution in [2.75, 3.05) is 0 Å². The highest BCUT2D eigenvalue weighted by molar-refractivity contribution is 5.82.